The molecule has 0 atom stereocenters. The smallest absolute Gasteiger partial charge is 0.331 e. The third-order valence-corrected chi connectivity index (χ3v) is 3.87. The molecule has 0 aliphatic heterocycles. The van der Waals surface area contributed by atoms with E-state index in [-0.39, 0.29) is 13.2 Å². The van der Waals surface area contributed by atoms with Gasteiger partial charge in [0.1, 0.15) is 0 Å². The van der Waals surface area contributed by atoms with Crippen molar-refractivity contribution in [1.82, 2.24) is 0 Å². The third-order valence-electron chi connectivity index (χ3n) is 2.60. The summed E-state index contributed by atoms with van der Waals surface area (Å²) in [7, 11) is 0. The maximum absolute atomic E-state index is 11.9. The molecule has 0 unspecified atom stereocenters. The Morgan fingerprint density at radius 1 is 1.05 bits per heavy atom. The Labute approximate surface area is 123 Å². The first kappa shape index (κ1) is 16.6. The maximum Gasteiger partial charge on any atom is 0.331 e. The van der Waals surface area contributed by atoms with Gasteiger partial charge in [0.25, 0.3) is 0 Å². The van der Waals surface area contributed by atoms with Gasteiger partial charge in [-0.1, -0.05) is 36.9 Å². The standard InChI is InChI=1S/C15H20O4S/c1-4-11-9-7-8-10-12(11)20-13(14(16)18-5-2)15(17)19-6-3/h7-10,13H,4-6H2,1-3H3. The summed E-state index contributed by atoms with van der Waals surface area (Å²) in [6.45, 7) is 5.94. The number of thioether (sulfide) groups is 1. The highest BCUT2D eigenvalue weighted by Crippen LogP contribution is 2.28. The number of esters is 2. The van der Waals surface area contributed by atoms with Crippen LogP contribution in [0.25, 0.3) is 0 Å². The van der Waals surface area contributed by atoms with E-state index in [0.29, 0.717) is 0 Å². The number of hydrogen-bond donors (Lipinski definition) is 0. The summed E-state index contributed by atoms with van der Waals surface area (Å²) in [4.78, 5) is 24.7. The Balaban J connectivity index is 2.93. The number of hydrogen-bond acceptors (Lipinski definition) is 5. The van der Waals surface area contributed by atoms with Gasteiger partial charge in [-0.15, -0.1) is 0 Å². The van der Waals surface area contributed by atoms with E-state index in [1.54, 1.807) is 13.8 Å². The molecule has 5 heteroatoms. The number of carbonyl (C=O) groups excluding carboxylic acids is 2. The molecule has 0 saturated heterocycles. The highest BCUT2D eigenvalue weighted by Gasteiger charge is 2.31. The monoisotopic (exact) mass is 296 g/mol. The molecule has 1 aromatic carbocycles. The van der Waals surface area contributed by atoms with Gasteiger partial charge in [0.2, 0.25) is 5.25 Å². The molecule has 0 amide bonds. The Morgan fingerprint density at radius 2 is 1.60 bits per heavy atom. The van der Waals surface area contributed by atoms with Crippen molar-refractivity contribution in [2.75, 3.05) is 13.2 Å². The van der Waals surface area contributed by atoms with E-state index in [2.05, 4.69) is 0 Å². The van der Waals surface area contributed by atoms with Gasteiger partial charge in [0, 0.05) is 4.90 Å². The molecule has 0 spiro atoms. The van der Waals surface area contributed by atoms with Crippen molar-refractivity contribution in [2.24, 2.45) is 0 Å². The van der Waals surface area contributed by atoms with Gasteiger partial charge in [-0.2, -0.15) is 0 Å². The van der Waals surface area contributed by atoms with Gasteiger partial charge in [-0.05, 0) is 31.9 Å². The number of carbonyl (C=O) groups is 2. The summed E-state index contributed by atoms with van der Waals surface area (Å²) in [5.74, 6) is -1.11. The van der Waals surface area contributed by atoms with E-state index >= 15 is 0 Å². The molecule has 1 rings (SSSR count). The van der Waals surface area contributed by atoms with E-state index in [1.807, 2.05) is 31.2 Å². The van der Waals surface area contributed by atoms with Crippen LogP contribution in [0, 0.1) is 0 Å². The fourth-order valence-electron chi connectivity index (χ4n) is 1.67. The Bertz CT molecular complexity index is 441. The van der Waals surface area contributed by atoms with Crippen LogP contribution in [0.5, 0.6) is 0 Å². The third kappa shape index (κ3) is 4.56. The minimum Gasteiger partial charge on any atom is -0.465 e. The minimum atomic E-state index is -0.970. The van der Waals surface area contributed by atoms with Crippen molar-refractivity contribution in [3.8, 4) is 0 Å². The molecule has 0 N–H and O–H groups in total. The molecule has 110 valence electrons. The van der Waals surface area contributed by atoms with Gasteiger partial charge in [-0.25, -0.2) is 0 Å². The van der Waals surface area contributed by atoms with Crippen molar-refractivity contribution < 1.29 is 19.1 Å². The summed E-state index contributed by atoms with van der Waals surface area (Å²) in [5, 5.41) is -0.970. The summed E-state index contributed by atoms with van der Waals surface area (Å²) in [6.07, 6.45) is 0.835. The SMILES string of the molecule is CCOC(=O)C(Sc1ccccc1CC)C(=O)OCC. The number of ether oxygens (including phenoxy) is 2. The molecular formula is C15H20O4S. The van der Waals surface area contributed by atoms with Crippen molar-refractivity contribution in [3.63, 3.8) is 0 Å². The largest absolute Gasteiger partial charge is 0.465 e. The van der Waals surface area contributed by atoms with Crippen molar-refractivity contribution in [1.29, 1.82) is 0 Å². The topological polar surface area (TPSA) is 52.6 Å². The van der Waals surface area contributed by atoms with Crippen LogP contribution in [0.3, 0.4) is 0 Å². The second-order valence-corrected chi connectivity index (χ2v) is 5.11. The molecule has 0 aliphatic carbocycles. The molecule has 0 aliphatic rings. The van der Waals surface area contributed by atoms with Crippen molar-refractivity contribution in [3.05, 3.63) is 29.8 Å². The van der Waals surface area contributed by atoms with Crippen molar-refractivity contribution >= 4 is 23.7 Å². The maximum atomic E-state index is 11.9. The summed E-state index contributed by atoms with van der Waals surface area (Å²) in [5.41, 5.74) is 1.09. The van der Waals surface area contributed by atoms with E-state index in [0.717, 1.165) is 16.9 Å². The molecule has 1 aromatic rings. The van der Waals surface area contributed by atoms with Crippen LogP contribution in [-0.2, 0) is 25.5 Å². The Kier molecular flexibility index (Phi) is 7.15. The van der Waals surface area contributed by atoms with Gasteiger partial charge in [0.05, 0.1) is 13.2 Å². The van der Waals surface area contributed by atoms with Gasteiger partial charge in [-0.3, -0.25) is 9.59 Å². The molecule has 0 heterocycles. The fourth-order valence-corrected chi connectivity index (χ4v) is 2.77. The molecule has 20 heavy (non-hydrogen) atoms. The summed E-state index contributed by atoms with van der Waals surface area (Å²) < 4.78 is 9.91. The first-order chi connectivity index (χ1) is 9.63. The van der Waals surface area contributed by atoms with E-state index in [1.165, 1.54) is 11.8 Å². The first-order valence-electron chi connectivity index (χ1n) is 6.71. The summed E-state index contributed by atoms with van der Waals surface area (Å²) >= 11 is 1.19. The lowest BCUT2D eigenvalue weighted by Crippen LogP contribution is -2.31. The lowest BCUT2D eigenvalue weighted by atomic mass is 10.2. The highest BCUT2D eigenvalue weighted by atomic mass is 32.2. The van der Waals surface area contributed by atoms with Crippen LogP contribution < -0.4 is 0 Å². The zero-order chi connectivity index (χ0) is 15.0. The van der Waals surface area contributed by atoms with Crippen LogP contribution in [0.2, 0.25) is 0 Å². The average molecular weight is 296 g/mol. The number of rotatable bonds is 7. The number of aryl methyl sites for hydroxylation is 1. The molecule has 4 nitrogen and oxygen atoms in total. The molecule has 0 saturated carbocycles. The second kappa shape index (κ2) is 8.64. The molecule has 0 aromatic heterocycles. The zero-order valence-corrected chi connectivity index (χ0v) is 12.9. The minimum absolute atomic E-state index is 0.241. The van der Waals surface area contributed by atoms with Crippen LogP contribution in [-0.4, -0.2) is 30.4 Å². The second-order valence-electron chi connectivity index (χ2n) is 3.96. The van der Waals surface area contributed by atoms with Crippen LogP contribution in [0.1, 0.15) is 26.3 Å². The lowest BCUT2D eigenvalue weighted by Gasteiger charge is -2.15. The summed E-state index contributed by atoms with van der Waals surface area (Å²) in [6, 6.07) is 7.70. The van der Waals surface area contributed by atoms with E-state index in [4.69, 9.17) is 9.47 Å². The van der Waals surface area contributed by atoms with Crippen LogP contribution in [0.15, 0.2) is 29.2 Å². The fraction of sp³-hybridized carbons (Fsp3) is 0.467. The van der Waals surface area contributed by atoms with Crippen LogP contribution in [0.4, 0.5) is 0 Å². The predicted molar refractivity (Wildman–Crippen MR) is 78.7 cm³/mol. The average Bonchev–Trinajstić information content (AvgIpc) is 2.45. The quantitative estimate of drug-likeness (QED) is 0.440. The Hall–Kier alpha value is -1.49. The van der Waals surface area contributed by atoms with Crippen molar-refractivity contribution in [2.45, 2.75) is 37.3 Å². The first-order valence-corrected chi connectivity index (χ1v) is 7.59. The van der Waals surface area contributed by atoms with E-state index < -0.39 is 17.2 Å². The lowest BCUT2D eigenvalue weighted by molar-refractivity contribution is -0.152. The van der Waals surface area contributed by atoms with Gasteiger partial charge in [0.15, 0.2) is 0 Å². The van der Waals surface area contributed by atoms with E-state index in [9.17, 15) is 9.59 Å². The normalized spacial score (nSPS) is 10.4. The highest BCUT2D eigenvalue weighted by molar-refractivity contribution is 8.01. The molecule has 0 bridgehead atoms. The molecular weight excluding hydrogens is 276 g/mol. The van der Waals surface area contributed by atoms with Gasteiger partial charge < -0.3 is 9.47 Å². The molecule has 0 fully saturated rings. The van der Waals surface area contributed by atoms with Crippen LogP contribution >= 0.6 is 11.8 Å². The predicted octanol–water partition coefficient (Wildman–Crippen LogP) is 2.84. The molecule has 0 radical (unpaired) electrons. The number of benzene rings is 1. The zero-order valence-electron chi connectivity index (χ0n) is 12.0. The van der Waals surface area contributed by atoms with Gasteiger partial charge >= 0.3 is 11.9 Å². The Morgan fingerprint density at radius 3 is 2.10 bits per heavy atom.